The molecule has 0 saturated carbocycles. The zero-order valence-electron chi connectivity index (χ0n) is 19.5. The minimum Gasteiger partial charge on any atom is -0.379 e. The molecule has 0 aliphatic carbocycles. The number of guanidine groups is 1. The van der Waals surface area contributed by atoms with E-state index in [1.807, 2.05) is 12.3 Å². The summed E-state index contributed by atoms with van der Waals surface area (Å²) in [7, 11) is 0. The van der Waals surface area contributed by atoms with Crippen molar-refractivity contribution >= 4 is 11.8 Å². The molecule has 174 valence electrons. The lowest BCUT2D eigenvalue weighted by molar-refractivity contribution is 0.0132. The zero-order chi connectivity index (χ0) is 21.9. The van der Waals surface area contributed by atoms with Crippen LogP contribution in [0.5, 0.6) is 0 Å². The largest absolute Gasteiger partial charge is 0.379 e. The smallest absolute Gasteiger partial charge is 0.191 e. The van der Waals surface area contributed by atoms with Crippen molar-refractivity contribution in [1.29, 1.82) is 0 Å². The molecule has 31 heavy (non-hydrogen) atoms. The maximum Gasteiger partial charge on any atom is 0.191 e. The number of aromatic nitrogens is 1. The lowest BCUT2D eigenvalue weighted by atomic mass is 10.0. The number of nitrogens with zero attached hydrogens (tertiary/aromatic N) is 4. The van der Waals surface area contributed by atoms with E-state index in [1.165, 1.54) is 0 Å². The monoisotopic (exact) mass is 432 g/mol. The number of hydrogen-bond donors (Lipinski definition) is 2. The third-order valence-electron chi connectivity index (χ3n) is 5.74. The molecule has 2 saturated heterocycles. The third kappa shape index (κ3) is 7.63. The molecule has 3 heterocycles. The lowest BCUT2D eigenvalue weighted by Crippen LogP contribution is -2.51. The van der Waals surface area contributed by atoms with Crippen LogP contribution in [0.4, 0.5) is 5.82 Å². The number of pyridine rings is 1. The quantitative estimate of drug-likeness (QED) is 0.455. The van der Waals surface area contributed by atoms with Gasteiger partial charge < -0.3 is 25.0 Å². The van der Waals surface area contributed by atoms with Crippen molar-refractivity contribution in [2.75, 3.05) is 70.6 Å². The van der Waals surface area contributed by atoms with Crippen LogP contribution in [0.25, 0.3) is 0 Å². The molecule has 8 nitrogen and oxygen atoms in total. The SMILES string of the molecule is CCNC(=NCc1cccnc1N1CCOCC1)NCC(CC(C)C)N1CCOCC1. The zero-order valence-corrected chi connectivity index (χ0v) is 19.5. The number of hydrogen-bond acceptors (Lipinski definition) is 6. The first-order valence-corrected chi connectivity index (χ1v) is 11.8. The molecular weight excluding hydrogens is 392 g/mol. The van der Waals surface area contributed by atoms with Gasteiger partial charge in [-0.1, -0.05) is 19.9 Å². The van der Waals surface area contributed by atoms with Crippen molar-refractivity contribution in [2.24, 2.45) is 10.9 Å². The number of anilines is 1. The third-order valence-corrected chi connectivity index (χ3v) is 5.74. The Kier molecular flexibility index (Phi) is 9.84. The first kappa shape index (κ1) is 23.8. The van der Waals surface area contributed by atoms with Gasteiger partial charge >= 0.3 is 0 Å². The van der Waals surface area contributed by atoms with E-state index in [4.69, 9.17) is 14.5 Å². The maximum atomic E-state index is 5.55. The van der Waals surface area contributed by atoms with Crippen molar-refractivity contribution < 1.29 is 9.47 Å². The summed E-state index contributed by atoms with van der Waals surface area (Å²) in [5.74, 6) is 2.54. The molecule has 0 radical (unpaired) electrons. The fourth-order valence-corrected chi connectivity index (χ4v) is 4.18. The van der Waals surface area contributed by atoms with E-state index in [9.17, 15) is 0 Å². The Morgan fingerprint density at radius 1 is 1.10 bits per heavy atom. The van der Waals surface area contributed by atoms with Crippen molar-refractivity contribution in [3.63, 3.8) is 0 Å². The van der Waals surface area contributed by atoms with Crippen LogP contribution in [0.15, 0.2) is 23.3 Å². The van der Waals surface area contributed by atoms with Crippen molar-refractivity contribution in [3.8, 4) is 0 Å². The molecule has 2 aliphatic heterocycles. The van der Waals surface area contributed by atoms with Gasteiger partial charge in [0.2, 0.25) is 0 Å². The van der Waals surface area contributed by atoms with Gasteiger partial charge in [0, 0.05) is 57.1 Å². The Hall–Kier alpha value is -1.90. The van der Waals surface area contributed by atoms with Gasteiger partial charge in [-0.2, -0.15) is 0 Å². The van der Waals surface area contributed by atoms with Gasteiger partial charge in [0.1, 0.15) is 5.82 Å². The summed E-state index contributed by atoms with van der Waals surface area (Å²) in [6.07, 6.45) is 3.02. The van der Waals surface area contributed by atoms with Gasteiger partial charge in [-0.3, -0.25) is 4.90 Å². The van der Waals surface area contributed by atoms with E-state index < -0.39 is 0 Å². The number of nitrogens with one attached hydrogen (secondary N) is 2. The molecule has 2 aliphatic rings. The van der Waals surface area contributed by atoms with Crippen LogP contribution in [0, 0.1) is 5.92 Å². The van der Waals surface area contributed by atoms with Crippen LogP contribution >= 0.6 is 0 Å². The van der Waals surface area contributed by atoms with Crippen LogP contribution in [-0.2, 0) is 16.0 Å². The second-order valence-corrected chi connectivity index (χ2v) is 8.59. The minimum absolute atomic E-state index is 0.482. The molecule has 1 aromatic rings. The highest BCUT2D eigenvalue weighted by molar-refractivity contribution is 5.79. The summed E-state index contributed by atoms with van der Waals surface area (Å²) in [5.41, 5.74) is 1.15. The van der Waals surface area contributed by atoms with Gasteiger partial charge in [-0.25, -0.2) is 9.98 Å². The highest BCUT2D eigenvalue weighted by Gasteiger charge is 2.22. The average Bonchev–Trinajstić information content (AvgIpc) is 2.81. The first-order valence-electron chi connectivity index (χ1n) is 11.8. The van der Waals surface area contributed by atoms with Gasteiger partial charge in [-0.05, 0) is 25.3 Å². The number of morpholine rings is 2. The van der Waals surface area contributed by atoms with E-state index in [0.717, 1.165) is 89.5 Å². The second kappa shape index (κ2) is 12.8. The van der Waals surface area contributed by atoms with E-state index >= 15 is 0 Å². The van der Waals surface area contributed by atoms with Crippen molar-refractivity contribution in [1.82, 2.24) is 20.5 Å². The molecule has 0 bridgehead atoms. The Morgan fingerprint density at radius 2 is 1.81 bits per heavy atom. The van der Waals surface area contributed by atoms with E-state index in [2.05, 4.69) is 52.3 Å². The summed E-state index contributed by atoms with van der Waals surface area (Å²) in [5, 5.41) is 7.00. The van der Waals surface area contributed by atoms with Crippen LogP contribution in [-0.4, -0.2) is 87.6 Å². The van der Waals surface area contributed by atoms with Gasteiger partial charge in [-0.15, -0.1) is 0 Å². The Bertz CT molecular complexity index is 672. The topological polar surface area (TPSA) is 74.2 Å². The molecule has 1 atom stereocenters. The number of ether oxygens (including phenoxy) is 2. The van der Waals surface area contributed by atoms with Gasteiger partial charge in [0.05, 0.1) is 33.0 Å². The number of aliphatic imine (C=N–C) groups is 1. The second-order valence-electron chi connectivity index (χ2n) is 8.59. The van der Waals surface area contributed by atoms with Crippen LogP contribution in [0.3, 0.4) is 0 Å². The minimum atomic E-state index is 0.482. The summed E-state index contributed by atoms with van der Waals surface area (Å²) in [6.45, 7) is 15.9. The molecule has 1 unspecified atom stereocenters. The fourth-order valence-electron chi connectivity index (χ4n) is 4.18. The molecule has 2 N–H and O–H groups in total. The summed E-state index contributed by atoms with van der Waals surface area (Å²) in [6, 6.07) is 4.60. The summed E-state index contributed by atoms with van der Waals surface area (Å²) >= 11 is 0. The van der Waals surface area contributed by atoms with Gasteiger partial charge in [0.25, 0.3) is 0 Å². The van der Waals surface area contributed by atoms with E-state index in [0.29, 0.717) is 18.5 Å². The van der Waals surface area contributed by atoms with Crippen LogP contribution < -0.4 is 15.5 Å². The van der Waals surface area contributed by atoms with E-state index in [1.54, 1.807) is 0 Å². The predicted molar refractivity (Wildman–Crippen MR) is 126 cm³/mol. The first-order chi connectivity index (χ1) is 15.2. The molecule has 8 heteroatoms. The Morgan fingerprint density at radius 3 is 2.48 bits per heavy atom. The standard InChI is InChI=1S/C23H40N6O2/c1-4-24-23(27-18-21(16-19(2)3)28-8-12-30-13-9-28)26-17-20-6-5-7-25-22(20)29-10-14-31-15-11-29/h5-7,19,21H,4,8-18H2,1-3H3,(H2,24,26,27). The van der Waals surface area contributed by atoms with Crippen LogP contribution in [0.2, 0.25) is 0 Å². The molecule has 1 aromatic heterocycles. The lowest BCUT2D eigenvalue weighted by Gasteiger charge is -2.35. The predicted octanol–water partition coefficient (Wildman–Crippen LogP) is 1.72. The fraction of sp³-hybridized carbons (Fsp3) is 0.739. The maximum absolute atomic E-state index is 5.55. The molecular formula is C23H40N6O2. The average molecular weight is 433 g/mol. The normalized spacial score (nSPS) is 19.5. The van der Waals surface area contributed by atoms with E-state index in [-0.39, 0.29) is 0 Å². The summed E-state index contributed by atoms with van der Waals surface area (Å²) in [4.78, 5) is 14.4. The summed E-state index contributed by atoms with van der Waals surface area (Å²) < 4.78 is 11.0. The molecule has 0 spiro atoms. The molecule has 3 rings (SSSR count). The number of rotatable bonds is 9. The van der Waals surface area contributed by atoms with Gasteiger partial charge in [0.15, 0.2) is 5.96 Å². The Balaban J connectivity index is 1.64. The molecule has 0 amide bonds. The highest BCUT2D eigenvalue weighted by Crippen LogP contribution is 2.19. The Labute approximate surface area is 187 Å². The van der Waals surface area contributed by atoms with Crippen molar-refractivity contribution in [3.05, 3.63) is 23.9 Å². The highest BCUT2D eigenvalue weighted by atomic mass is 16.5. The van der Waals surface area contributed by atoms with Crippen molar-refractivity contribution in [2.45, 2.75) is 39.8 Å². The molecule has 2 fully saturated rings. The van der Waals surface area contributed by atoms with Crippen LogP contribution in [0.1, 0.15) is 32.8 Å². The molecule has 0 aromatic carbocycles.